The van der Waals surface area contributed by atoms with Gasteiger partial charge in [-0.3, -0.25) is 4.79 Å². The van der Waals surface area contributed by atoms with Gasteiger partial charge in [0, 0.05) is 10.7 Å². The molecule has 32 heavy (non-hydrogen) atoms. The van der Waals surface area contributed by atoms with Crippen molar-refractivity contribution in [3.05, 3.63) is 99.1 Å². The van der Waals surface area contributed by atoms with E-state index >= 15 is 0 Å². The standard InChI is InChI=1S/C27H25ClN2O2/c1-4-32-26-9-7-25(8-10-26)30-27(31)23(17-29)15-22-16-24(28)6-5-21(22)14-20-12-18(2)11-19(3)13-20/h5-13,15-16H,4,14H2,1-3H3,(H,30,31)/b23-15+. The quantitative estimate of drug-likeness (QED) is 0.334. The highest BCUT2D eigenvalue weighted by atomic mass is 35.5. The first kappa shape index (κ1) is 23.1. The molecule has 3 aromatic carbocycles. The normalized spacial score (nSPS) is 11.0. The third kappa shape index (κ3) is 6.23. The largest absolute Gasteiger partial charge is 0.494 e. The monoisotopic (exact) mass is 444 g/mol. The Morgan fingerprint density at radius 2 is 1.75 bits per heavy atom. The number of carbonyl (C=O) groups excluding carboxylic acids is 1. The van der Waals surface area contributed by atoms with Gasteiger partial charge >= 0.3 is 0 Å². The summed E-state index contributed by atoms with van der Waals surface area (Å²) in [5, 5.41) is 12.9. The van der Waals surface area contributed by atoms with Gasteiger partial charge in [0.1, 0.15) is 17.4 Å². The molecule has 3 rings (SSSR count). The van der Waals surface area contributed by atoms with Gasteiger partial charge in [-0.25, -0.2) is 0 Å². The van der Waals surface area contributed by atoms with Gasteiger partial charge < -0.3 is 10.1 Å². The zero-order chi connectivity index (χ0) is 23.1. The third-order valence-corrected chi connectivity index (χ3v) is 5.11. The van der Waals surface area contributed by atoms with Crippen LogP contribution in [-0.2, 0) is 11.2 Å². The summed E-state index contributed by atoms with van der Waals surface area (Å²) in [5.74, 6) is 0.241. The molecule has 0 aliphatic heterocycles. The van der Waals surface area contributed by atoms with E-state index in [1.165, 1.54) is 11.1 Å². The molecule has 0 aromatic heterocycles. The van der Waals surface area contributed by atoms with Crippen LogP contribution in [0.3, 0.4) is 0 Å². The minimum absolute atomic E-state index is 0.00261. The van der Waals surface area contributed by atoms with E-state index in [1.54, 1.807) is 36.4 Å². The summed E-state index contributed by atoms with van der Waals surface area (Å²) in [4.78, 5) is 12.7. The Kier molecular flexibility index (Phi) is 7.70. The highest BCUT2D eigenvalue weighted by Gasteiger charge is 2.12. The number of rotatable bonds is 7. The molecule has 0 bridgehead atoms. The first-order valence-corrected chi connectivity index (χ1v) is 10.8. The fraction of sp³-hybridized carbons (Fsp3) is 0.185. The molecule has 1 N–H and O–H groups in total. The zero-order valence-electron chi connectivity index (χ0n) is 18.4. The fourth-order valence-corrected chi connectivity index (χ4v) is 3.74. The summed E-state index contributed by atoms with van der Waals surface area (Å²) in [5.41, 5.74) is 5.87. The number of benzene rings is 3. The van der Waals surface area contributed by atoms with E-state index in [-0.39, 0.29) is 5.57 Å². The minimum atomic E-state index is -0.478. The second kappa shape index (κ2) is 10.7. The molecule has 0 radical (unpaired) electrons. The van der Waals surface area contributed by atoms with Crippen molar-refractivity contribution in [2.45, 2.75) is 27.2 Å². The number of nitrogens with zero attached hydrogens (tertiary/aromatic N) is 1. The summed E-state index contributed by atoms with van der Waals surface area (Å²) in [6, 6.07) is 21.0. The number of nitriles is 1. The zero-order valence-corrected chi connectivity index (χ0v) is 19.2. The molecular formula is C27H25ClN2O2. The van der Waals surface area contributed by atoms with Crippen LogP contribution in [0.25, 0.3) is 6.08 Å². The highest BCUT2D eigenvalue weighted by Crippen LogP contribution is 2.23. The van der Waals surface area contributed by atoms with E-state index in [0.717, 1.165) is 22.4 Å². The predicted molar refractivity (Wildman–Crippen MR) is 130 cm³/mol. The van der Waals surface area contributed by atoms with E-state index in [9.17, 15) is 10.1 Å². The van der Waals surface area contributed by atoms with Gasteiger partial charge in [0.2, 0.25) is 0 Å². The molecule has 0 heterocycles. The van der Waals surface area contributed by atoms with Crippen molar-refractivity contribution in [3.63, 3.8) is 0 Å². The maximum Gasteiger partial charge on any atom is 0.266 e. The number of halogens is 1. The molecule has 0 unspecified atom stereocenters. The second-order valence-corrected chi connectivity index (χ2v) is 8.03. The molecule has 3 aromatic rings. The van der Waals surface area contributed by atoms with Gasteiger partial charge in [-0.2, -0.15) is 5.26 Å². The van der Waals surface area contributed by atoms with Gasteiger partial charge in [-0.15, -0.1) is 0 Å². The smallest absolute Gasteiger partial charge is 0.266 e. The molecule has 0 saturated carbocycles. The summed E-state index contributed by atoms with van der Waals surface area (Å²) < 4.78 is 5.41. The third-order valence-electron chi connectivity index (χ3n) is 4.87. The lowest BCUT2D eigenvalue weighted by Gasteiger charge is -2.10. The van der Waals surface area contributed by atoms with Crippen LogP contribution in [0, 0.1) is 25.2 Å². The first-order valence-electron chi connectivity index (χ1n) is 10.4. The van der Waals surface area contributed by atoms with Crippen molar-refractivity contribution in [1.29, 1.82) is 5.26 Å². The molecule has 1 amide bonds. The summed E-state index contributed by atoms with van der Waals surface area (Å²) in [6.07, 6.45) is 2.26. The molecule has 5 heteroatoms. The lowest BCUT2D eigenvalue weighted by molar-refractivity contribution is -0.112. The van der Waals surface area contributed by atoms with Gasteiger partial charge in [-0.1, -0.05) is 47.0 Å². The SMILES string of the molecule is CCOc1ccc(NC(=O)/C(C#N)=C/c2cc(Cl)ccc2Cc2cc(C)cc(C)c2)cc1. The molecule has 0 spiro atoms. The van der Waals surface area contributed by atoms with E-state index in [4.69, 9.17) is 16.3 Å². The number of ether oxygens (including phenoxy) is 1. The number of hydrogen-bond acceptors (Lipinski definition) is 3. The summed E-state index contributed by atoms with van der Waals surface area (Å²) in [7, 11) is 0. The van der Waals surface area contributed by atoms with Crippen LogP contribution in [0.1, 0.15) is 34.7 Å². The molecule has 0 aliphatic rings. The van der Waals surface area contributed by atoms with Crippen LogP contribution in [0.4, 0.5) is 5.69 Å². The van der Waals surface area contributed by atoms with E-state index in [1.807, 2.05) is 25.1 Å². The van der Waals surface area contributed by atoms with Crippen molar-refractivity contribution in [2.75, 3.05) is 11.9 Å². The lowest BCUT2D eigenvalue weighted by atomic mass is 9.96. The Balaban J connectivity index is 1.86. The maximum atomic E-state index is 12.7. The van der Waals surface area contributed by atoms with Crippen molar-refractivity contribution in [1.82, 2.24) is 0 Å². The van der Waals surface area contributed by atoms with Crippen LogP contribution in [0.2, 0.25) is 5.02 Å². The molecule has 4 nitrogen and oxygen atoms in total. The molecule has 0 aliphatic carbocycles. The van der Waals surface area contributed by atoms with Crippen LogP contribution in [-0.4, -0.2) is 12.5 Å². The summed E-state index contributed by atoms with van der Waals surface area (Å²) >= 11 is 6.22. The molecule has 0 saturated heterocycles. The Hall–Kier alpha value is -3.55. The van der Waals surface area contributed by atoms with E-state index < -0.39 is 5.91 Å². The average molecular weight is 445 g/mol. The Bertz CT molecular complexity index is 1170. The second-order valence-electron chi connectivity index (χ2n) is 7.60. The van der Waals surface area contributed by atoms with Gasteiger partial charge in [0.25, 0.3) is 5.91 Å². The lowest BCUT2D eigenvalue weighted by Crippen LogP contribution is -2.13. The van der Waals surface area contributed by atoms with Crippen LogP contribution in [0.5, 0.6) is 5.75 Å². The predicted octanol–water partition coefficient (Wildman–Crippen LogP) is 6.49. The topological polar surface area (TPSA) is 62.1 Å². The number of nitrogens with one attached hydrogen (secondary N) is 1. The fourth-order valence-electron chi connectivity index (χ4n) is 3.56. The summed E-state index contributed by atoms with van der Waals surface area (Å²) in [6.45, 7) is 6.61. The molecule has 162 valence electrons. The number of aryl methyl sites for hydroxylation is 2. The Morgan fingerprint density at radius 1 is 1.06 bits per heavy atom. The number of hydrogen-bond donors (Lipinski definition) is 1. The Morgan fingerprint density at radius 3 is 2.38 bits per heavy atom. The van der Waals surface area contributed by atoms with Crippen molar-refractivity contribution >= 4 is 29.3 Å². The van der Waals surface area contributed by atoms with Gasteiger partial charge in [0.15, 0.2) is 0 Å². The van der Waals surface area contributed by atoms with E-state index in [2.05, 4.69) is 37.4 Å². The highest BCUT2D eigenvalue weighted by molar-refractivity contribution is 6.30. The van der Waals surface area contributed by atoms with E-state index in [0.29, 0.717) is 23.7 Å². The molecular weight excluding hydrogens is 420 g/mol. The van der Waals surface area contributed by atoms with Crippen LogP contribution in [0.15, 0.2) is 66.2 Å². The average Bonchev–Trinajstić information content (AvgIpc) is 2.74. The van der Waals surface area contributed by atoms with Gasteiger partial charge in [-0.05, 0) is 86.4 Å². The minimum Gasteiger partial charge on any atom is -0.494 e. The maximum absolute atomic E-state index is 12.7. The number of anilines is 1. The number of amides is 1. The van der Waals surface area contributed by atoms with Gasteiger partial charge in [0.05, 0.1) is 6.61 Å². The van der Waals surface area contributed by atoms with Crippen molar-refractivity contribution in [3.8, 4) is 11.8 Å². The molecule has 0 fully saturated rings. The van der Waals surface area contributed by atoms with Crippen LogP contribution < -0.4 is 10.1 Å². The Labute approximate surface area is 194 Å². The van der Waals surface area contributed by atoms with Crippen LogP contribution >= 0.6 is 11.6 Å². The number of carbonyl (C=O) groups is 1. The first-order chi connectivity index (χ1) is 15.4. The van der Waals surface area contributed by atoms with Crippen molar-refractivity contribution < 1.29 is 9.53 Å². The van der Waals surface area contributed by atoms with Crippen molar-refractivity contribution in [2.24, 2.45) is 0 Å². The molecule has 0 atom stereocenters.